The van der Waals surface area contributed by atoms with Gasteiger partial charge in [-0.25, -0.2) is 0 Å². The van der Waals surface area contributed by atoms with Crippen molar-refractivity contribution in [1.29, 1.82) is 0 Å². The number of carbonyl (C=O) groups is 3. The van der Waals surface area contributed by atoms with E-state index in [4.69, 9.17) is 14.2 Å². The van der Waals surface area contributed by atoms with E-state index in [-0.39, 0.29) is 49.1 Å². The van der Waals surface area contributed by atoms with Crippen LogP contribution in [-0.4, -0.2) is 75.5 Å². The molecule has 0 amide bonds. The van der Waals surface area contributed by atoms with Gasteiger partial charge in [-0.2, -0.15) is 0 Å². The van der Waals surface area contributed by atoms with Crippen LogP contribution in [0.5, 0.6) is 0 Å². The van der Waals surface area contributed by atoms with Gasteiger partial charge in [0.1, 0.15) is 12.6 Å². The van der Waals surface area contributed by atoms with Gasteiger partial charge in [-0.1, -0.05) is 203 Å². The minimum absolute atomic E-state index is 0.0232. The van der Waals surface area contributed by atoms with E-state index in [1.54, 1.807) is 21.1 Å². The van der Waals surface area contributed by atoms with Crippen molar-refractivity contribution in [2.45, 2.75) is 238 Å². The van der Waals surface area contributed by atoms with Gasteiger partial charge >= 0.3 is 11.9 Å². The number of ether oxygens (including phenoxy) is 3. The van der Waals surface area contributed by atoms with Crippen LogP contribution in [0.25, 0.3) is 0 Å². The molecule has 0 aromatic rings. The average molecular weight is 898 g/mol. The summed E-state index contributed by atoms with van der Waals surface area (Å²) in [5.41, 5.74) is 0. The number of hydrogen-bond donors (Lipinski definition) is 0. The van der Waals surface area contributed by atoms with Crippen LogP contribution in [0.15, 0.2) is 60.8 Å². The molecule has 64 heavy (non-hydrogen) atoms. The number of quaternary nitrogens is 1. The van der Waals surface area contributed by atoms with Gasteiger partial charge in [-0.3, -0.25) is 9.59 Å². The molecule has 0 bridgehead atoms. The molecule has 2 atom stereocenters. The van der Waals surface area contributed by atoms with Gasteiger partial charge in [0.25, 0.3) is 0 Å². The Morgan fingerprint density at radius 1 is 0.469 bits per heavy atom. The number of carbonyl (C=O) groups excluding carboxylic acids is 3. The first kappa shape index (κ1) is 61.0. The molecule has 0 radical (unpaired) electrons. The molecular formula is C56H99NO7. The zero-order valence-corrected chi connectivity index (χ0v) is 42.2. The lowest BCUT2D eigenvalue weighted by atomic mass is 10.0. The Kier molecular flexibility index (Phi) is 44.4. The van der Waals surface area contributed by atoms with Crippen molar-refractivity contribution in [2.24, 2.45) is 0 Å². The third kappa shape index (κ3) is 44.2. The summed E-state index contributed by atoms with van der Waals surface area (Å²) in [6.45, 7) is 4.61. The van der Waals surface area contributed by atoms with Crippen LogP contribution in [0.2, 0.25) is 0 Å². The van der Waals surface area contributed by atoms with E-state index < -0.39 is 18.1 Å². The van der Waals surface area contributed by atoms with Crippen LogP contribution in [0, 0.1) is 0 Å². The van der Waals surface area contributed by atoms with E-state index in [1.165, 1.54) is 128 Å². The lowest BCUT2D eigenvalue weighted by molar-refractivity contribution is -0.889. The van der Waals surface area contributed by atoms with E-state index in [2.05, 4.69) is 74.6 Å². The first-order valence-electron chi connectivity index (χ1n) is 26.3. The summed E-state index contributed by atoms with van der Waals surface area (Å²) in [5.74, 6) is -1.78. The summed E-state index contributed by atoms with van der Waals surface area (Å²) in [4.78, 5) is 37.0. The van der Waals surface area contributed by atoms with Crippen molar-refractivity contribution in [1.82, 2.24) is 0 Å². The van der Waals surface area contributed by atoms with Crippen LogP contribution in [0.3, 0.4) is 0 Å². The van der Waals surface area contributed by atoms with E-state index >= 15 is 0 Å². The Hall–Kier alpha value is -2.97. The monoisotopic (exact) mass is 898 g/mol. The molecule has 0 saturated heterocycles. The predicted octanol–water partition coefficient (Wildman–Crippen LogP) is 14.0. The maximum Gasteiger partial charge on any atom is 0.306 e. The van der Waals surface area contributed by atoms with Gasteiger partial charge in [-0.05, 0) is 64.2 Å². The maximum atomic E-state index is 12.8. The lowest BCUT2D eigenvalue weighted by Crippen LogP contribution is -2.55. The molecule has 0 aliphatic rings. The molecule has 0 spiro atoms. The van der Waals surface area contributed by atoms with E-state index in [0.717, 1.165) is 57.8 Å². The molecule has 8 nitrogen and oxygen atoms in total. The Morgan fingerprint density at radius 3 is 1.25 bits per heavy atom. The third-order valence-electron chi connectivity index (χ3n) is 11.7. The fourth-order valence-electron chi connectivity index (χ4n) is 7.56. The number of hydrogen-bond acceptors (Lipinski definition) is 7. The highest BCUT2D eigenvalue weighted by molar-refractivity contribution is 5.70. The van der Waals surface area contributed by atoms with Crippen molar-refractivity contribution < 1.29 is 38.2 Å². The van der Waals surface area contributed by atoms with Crippen LogP contribution >= 0.6 is 0 Å². The number of esters is 2. The highest BCUT2D eigenvalue weighted by Crippen LogP contribution is 2.16. The Labute approximate surface area is 394 Å². The summed E-state index contributed by atoms with van der Waals surface area (Å²) >= 11 is 0. The zero-order chi connectivity index (χ0) is 47.0. The predicted molar refractivity (Wildman–Crippen MR) is 268 cm³/mol. The van der Waals surface area contributed by atoms with Gasteiger partial charge in [0.05, 0.1) is 40.3 Å². The second-order valence-corrected chi connectivity index (χ2v) is 18.8. The Balaban J connectivity index is 4.32. The minimum atomic E-state index is -1.13. The molecule has 0 aliphatic heterocycles. The van der Waals surface area contributed by atoms with Gasteiger partial charge in [0, 0.05) is 19.3 Å². The largest absolute Gasteiger partial charge is 0.544 e. The number of aliphatic carboxylic acids is 1. The van der Waals surface area contributed by atoms with Crippen LogP contribution in [0.1, 0.15) is 226 Å². The average Bonchev–Trinajstić information content (AvgIpc) is 3.26. The molecule has 2 unspecified atom stereocenters. The second kappa shape index (κ2) is 46.6. The first-order valence-corrected chi connectivity index (χ1v) is 26.3. The molecule has 8 heteroatoms. The fourth-order valence-corrected chi connectivity index (χ4v) is 7.56. The second-order valence-electron chi connectivity index (χ2n) is 18.8. The number of likely N-dealkylation sites (N-methyl/N-ethyl adjacent to an activating group) is 1. The molecule has 0 aliphatic carbocycles. The molecular weight excluding hydrogens is 799 g/mol. The molecule has 370 valence electrons. The van der Waals surface area contributed by atoms with Crippen molar-refractivity contribution in [2.75, 3.05) is 41.0 Å². The fraction of sp³-hybridized carbons (Fsp3) is 0.768. The summed E-state index contributed by atoms with van der Waals surface area (Å²) in [7, 11) is 5.40. The minimum Gasteiger partial charge on any atom is -0.544 e. The van der Waals surface area contributed by atoms with Gasteiger partial charge in [-0.15, -0.1) is 0 Å². The van der Waals surface area contributed by atoms with E-state index in [1.807, 2.05) is 0 Å². The van der Waals surface area contributed by atoms with Crippen molar-refractivity contribution in [3.63, 3.8) is 0 Å². The molecule has 0 saturated carbocycles. The van der Waals surface area contributed by atoms with Crippen molar-refractivity contribution >= 4 is 17.9 Å². The quantitative estimate of drug-likeness (QED) is 0.0259. The lowest BCUT2D eigenvalue weighted by Gasteiger charge is -2.34. The van der Waals surface area contributed by atoms with Crippen molar-refractivity contribution in [3.8, 4) is 0 Å². The highest BCUT2D eigenvalue weighted by atomic mass is 16.6. The van der Waals surface area contributed by atoms with Crippen LogP contribution in [0.4, 0.5) is 0 Å². The number of rotatable bonds is 47. The number of carboxylic acid groups (broad SMARTS) is 1. The topological polar surface area (TPSA) is 102 Å². The summed E-state index contributed by atoms with van der Waals surface area (Å²) < 4.78 is 17.2. The normalized spacial score (nSPS) is 13.3. The van der Waals surface area contributed by atoms with Crippen LogP contribution in [-0.2, 0) is 28.6 Å². The van der Waals surface area contributed by atoms with Gasteiger partial charge < -0.3 is 28.6 Å². The molecule has 0 heterocycles. The summed E-state index contributed by atoms with van der Waals surface area (Å²) in [6.07, 6.45) is 58.3. The smallest absolute Gasteiger partial charge is 0.306 e. The SMILES string of the molecule is CCCCC/C=C/C/C=C/C/C=C/C/C=C/C/C=C/CCCCC(=O)OC(COCCC(C(=O)[O-])[N+](C)(C)C)COC(=O)CCCCCCCCCCCCCCCCCCCCC. The highest BCUT2D eigenvalue weighted by Gasteiger charge is 2.25. The number of unbranched alkanes of at least 4 members (excludes halogenated alkanes) is 23. The first-order chi connectivity index (χ1) is 31.1. The summed E-state index contributed by atoms with van der Waals surface area (Å²) in [5, 5.41) is 11.7. The van der Waals surface area contributed by atoms with Crippen molar-refractivity contribution in [3.05, 3.63) is 60.8 Å². The molecule has 0 rings (SSSR count). The summed E-state index contributed by atoms with van der Waals surface area (Å²) in [6, 6.07) is -0.736. The standard InChI is InChI=1S/C56H99NO7/c1-6-8-10-12-14-16-18-20-22-24-26-27-29-31-33-35-37-39-41-43-45-47-55(59)64-52(50-62-49-48-53(56(60)61)57(3,4)5)51-63-54(58)46-44-42-40-38-36-34-32-30-28-25-23-21-19-17-15-13-11-9-7-2/h14,16,20,22,26-27,31,33,37,39,52-53H,6-13,15,17-19,21,23-25,28-30,32,34-36,38,40-51H2,1-5H3/b16-14+,22-20+,27-26+,33-31+,39-37+. The molecule has 0 fully saturated rings. The number of allylic oxidation sites excluding steroid dienone is 10. The number of carboxylic acids is 1. The Morgan fingerprint density at radius 2 is 0.828 bits per heavy atom. The third-order valence-corrected chi connectivity index (χ3v) is 11.7. The number of nitrogens with zero attached hydrogens (tertiary/aromatic N) is 1. The van der Waals surface area contributed by atoms with E-state index in [0.29, 0.717) is 12.8 Å². The van der Waals surface area contributed by atoms with E-state index in [9.17, 15) is 19.5 Å². The van der Waals surface area contributed by atoms with Crippen LogP contribution < -0.4 is 5.11 Å². The zero-order valence-electron chi connectivity index (χ0n) is 42.2. The molecule has 0 N–H and O–H groups in total. The maximum absolute atomic E-state index is 12.8. The van der Waals surface area contributed by atoms with Gasteiger partial charge in [0.2, 0.25) is 0 Å². The van der Waals surface area contributed by atoms with Gasteiger partial charge in [0.15, 0.2) is 6.10 Å². The Bertz CT molecular complexity index is 1230. The molecule has 0 aromatic heterocycles. The molecule has 0 aromatic carbocycles.